The van der Waals surface area contributed by atoms with Crippen molar-refractivity contribution in [3.8, 4) is 0 Å². The predicted molar refractivity (Wildman–Crippen MR) is 102 cm³/mol. The second kappa shape index (κ2) is 7.10. The molecule has 3 nitrogen and oxygen atoms in total. The van der Waals surface area contributed by atoms with Crippen molar-refractivity contribution in [1.29, 1.82) is 0 Å². The fourth-order valence-electron chi connectivity index (χ4n) is 3.59. The van der Waals surface area contributed by atoms with Crippen LogP contribution in [0.4, 0.5) is 24.5 Å². The normalized spacial score (nSPS) is 15.9. The first-order chi connectivity index (χ1) is 13.0. The Hall–Kier alpha value is -2.76. The van der Waals surface area contributed by atoms with Crippen molar-refractivity contribution < 1.29 is 13.2 Å². The molecule has 27 heavy (non-hydrogen) atoms. The van der Waals surface area contributed by atoms with E-state index in [0.29, 0.717) is 0 Å². The molecule has 1 saturated heterocycles. The number of rotatable bonds is 3. The van der Waals surface area contributed by atoms with Crippen molar-refractivity contribution in [2.45, 2.75) is 25.1 Å². The monoisotopic (exact) mass is 371 g/mol. The Morgan fingerprint density at radius 2 is 1.67 bits per heavy atom. The molecule has 140 valence electrons. The number of fused-ring (bicyclic) bond motifs is 1. The van der Waals surface area contributed by atoms with Crippen molar-refractivity contribution in [2.24, 2.45) is 0 Å². The molecule has 0 atom stereocenters. The Bertz CT molecular complexity index is 931. The van der Waals surface area contributed by atoms with Crippen LogP contribution in [0.15, 0.2) is 60.8 Å². The third kappa shape index (κ3) is 3.84. The fraction of sp³-hybridized carbons (Fsp3) is 0.286. The maximum absolute atomic E-state index is 13.2. The van der Waals surface area contributed by atoms with Crippen LogP contribution in [0.1, 0.15) is 18.4 Å². The van der Waals surface area contributed by atoms with E-state index in [9.17, 15) is 13.2 Å². The number of anilines is 2. The van der Waals surface area contributed by atoms with Gasteiger partial charge in [0.2, 0.25) is 0 Å². The molecule has 0 unspecified atom stereocenters. The van der Waals surface area contributed by atoms with Crippen LogP contribution >= 0.6 is 0 Å². The number of halogens is 3. The number of aromatic nitrogens is 1. The lowest BCUT2D eigenvalue weighted by Crippen LogP contribution is -2.39. The summed E-state index contributed by atoms with van der Waals surface area (Å²) >= 11 is 0. The molecule has 0 radical (unpaired) electrons. The van der Waals surface area contributed by atoms with Gasteiger partial charge >= 0.3 is 6.18 Å². The molecule has 0 bridgehead atoms. The molecule has 0 spiro atoms. The van der Waals surface area contributed by atoms with E-state index in [-0.39, 0.29) is 11.7 Å². The first-order valence-corrected chi connectivity index (χ1v) is 9.03. The Morgan fingerprint density at radius 1 is 0.963 bits per heavy atom. The van der Waals surface area contributed by atoms with Gasteiger partial charge in [0.15, 0.2) is 0 Å². The quantitative estimate of drug-likeness (QED) is 0.674. The molecule has 1 fully saturated rings. The minimum atomic E-state index is -4.35. The summed E-state index contributed by atoms with van der Waals surface area (Å²) in [6.07, 6.45) is -0.922. The number of benzene rings is 2. The van der Waals surface area contributed by atoms with Crippen molar-refractivity contribution in [3.05, 3.63) is 66.4 Å². The van der Waals surface area contributed by atoms with Crippen molar-refractivity contribution in [1.82, 2.24) is 4.98 Å². The second-order valence-corrected chi connectivity index (χ2v) is 6.84. The SMILES string of the molecule is FC(F)(F)c1ccccc1NC1CCN(c2cnc3ccccc3c2)CC1. The van der Waals surface area contributed by atoms with Crippen LogP contribution in [0.5, 0.6) is 0 Å². The number of alkyl halides is 3. The minimum absolute atomic E-state index is 0.0261. The van der Waals surface area contributed by atoms with E-state index < -0.39 is 11.7 Å². The van der Waals surface area contributed by atoms with E-state index >= 15 is 0 Å². The lowest BCUT2D eigenvalue weighted by molar-refractivity contribution is -0.137. The summed E-state index contributed by atoms with van der Waals surface area (Å²) in [5, 5.41) is 4.19. The van der Waals surface area contributed by atoms with Gasteiger partial charge < -0.3 is 10.2 Å². The fourth-order valence-corrected chi connectivity index (χ4v) is 3.59. The standard InChI is InChI=1S/C21H20F3N3/c22-21(23,24)18-6-2-4-8-20(18)26-16-9-11-27(12-10-16)17-13-15-5-1-3-7-19(15)25-14-17/h1-8,13-14,16,26H,9-12H2. The second-order valence-electron chi connectivity index (χ2n) is 6.84. The van der Waals surface area contributed by atoms with Crippen LogP contribution < -0.4 is 10.2 Å². The van der Waals surface area contributed by atoms with Crippen molar-refractivity contribution in [2.75, 3.05) is 23.3 Å². The highest BCUT2D eigenvalue weighted by atomic mass is 19.4. The molecule has 1 aliphatic heterocycles. The number of piperidine rings is 1. The third-order valence-electron chi connectivity index (χ3n) is 5.03. The first-order valence-electron chi connectivity index (χ1n) is 9.03. The maximum atomic E-state index is 13.2. The molecular weight excluding hydrogens is 351 g/mol. The average Bonchev–Trinajstić information content (AvgIpc) is 2.68. The lowest BCUT2D eigenvalue weighted by atomic mass is 10.0. The van der Waals surface area contributed by atoms with Crippen LogP contribution in [0, 0.1) is 0 Å². The highest BCUT2D eigenvalue weighted by Gasteiger charge is 2.33. The largest absolute Gasteiger partial charge is 0.418 e. The number of hydrogen-bond donors (Lipinski definition) is 1. The van der Waals surface area contributed by atoms with Gasteiger partial charge in [-0.15, -0.1) is 0 Å². The van der Waals surface area contributed by atoms with Gasteiger partial charge in [0.05, 0.1) is 23.0 Å². The van der Waals surface area contributed by atoms with Gasteiger partial charge in [-0.1, -0.05) is 30.3 Å². The molecular formula is C21H20F3N3. The lowest BCUT2D eigenvalue weighted by Gasteiger charge is -2.34. The van der Waals surface area contributed by atoms with Crippen molar-refractivity contribution >= 4 is 22.3 Å². The van der Waals surface area contributed by atoms with E-state index in [0.717, 1.165) is 48.6 Å². The molecule has 1 aliphatic rings. The van der Waals surface area contributed by atoms with Gasteiger partial charge in [0, 0.05) is 30.2 Å². The third-order valence-corrected chi connectivity index (χ3v) is 5.03. The maximum Gasteiger partial charge on any atom is 0.418 e. The van der Waals surface area contributed by atoms with E-state index in [1.54, 1.807) is 6.07 Å². The molecule has 0 saturated carbocycles. The number of hydrogen-bond acceptors (Lipinski definition) is 3. The highest BCUT2D eigenvalue weighted by molar-refractivity contribution is 5.81. The summed E-state index contributed by atoms with van der Waals surface area (Å²) in [5.74, 6) is 0. The zero-order chi connectivity index (χ0) is 18.9. The van der Waals surface area contributed by atoms with E-state index in [2.05, 4.69) is 21.3 Å². The highest BCUT2D eigenvalue weighted by Crippen LogP contribution is 2.35. The smallest absolute Gasteiger partial charge is 0.382 e. The summed E-state index contributed by atoms with van der Waals surface area (Å²) in [6, 6.07) is 15.8. The summed E-state index contributed by atoms with van der Waals surface area (Å²) in [5.41, 5.74) is 1.58. The molecule has 3 aromatic rings. The molecule has 4 rings (SSSR count). The van der Waals surface area contributed by atoms with Gasteiger partial charge in [-0.25, -0.2) is 0 Å². The van der Waals surface area contributed by atoms with Gasteiger partial charge in [-0.05, 0) is 37.1 Å². The average molecular weight is 371 g/mol. The van der Waals surface area contributed by atoms with Crippen LogP contribution in [-0.2, 0) is 6.18 Å². The van der Waals surface area contributed by atoms with E-state index in [1.807, 2.05) is 30.5 Å². The molecule has 1 N–H and O–H groups in total. The summed E-state index contributed by atoms with van der Waals surface area (Å²) < 4.78 is 39.5. The van der Waals surface area contributed by atoms with Gasteiger partial charge in [0.1, 0.15) is 0 Å². The molecule has 2 aromatic carbocycles. The molecule has 1 aromatic heterocycles. The number of nitrogens with zero attached hydrogens (tertiary/aromatic N) is 2. The summed E-state index contributed by atoms with van der Waals surface area (Å²) in [6.45, 7) is 1.57. The van der Waals surface area contributed by atoms with Crippen LogP contribution in [0.2, 0.25) is 0 Å². The van der Waals surface area contributed by atoms with Gasteiger partial charge in [-0.2, -0.15) is 13.2 Å². The Morgan fingerprint density at radius 3 is 2.44 bits per heavy atom. The zero-order valence-corrected chi connectivity index (χ0v) is 14.7. The minimum Gasteiger partial charge on any atom is -0.382 e. The van der Waals surface area contributed by atoms with Crippen LogP contribution in [0.25, 0.3) is 10.9 Å². The zero-order valence-electron chi connectivity index (χ0n) is 14.7. The van der Waals surface area contributed by atoms with Crippen molar-refractivity contribution in [3.63, 3.8) is 0 Å². The van der Waals surface area contributed by atoms with Crippen LogP contribution in [0.3, 0.4) is 0 Å². The number of para-hydroxylation sites is 2. The Labute approximate surface area is 155 Å². The topological polar surface area (TPSA) is 28.2 Å². The van der Waals surface area contributed by atoms with Gasteiger partial charge in [-0.3, -0.25) is 4.98 Å². The molecule has 6 heteroatoms. The summed E-state index contributed by atoms with van der Waals surface area (Å²) in [7, 11) is 0. The van der Waals surface area contributed by atoms with Gasteiger partial charge in [0.25, 0.3) is 0 Å². The predicted octanol–water partition coefficient (Wildman–Crippen LogP) is 5.33. The summed E-state index contributed by atoms with van der Waals surface area (Å²) in [4.78, 5) is 6.74. The molecule has 0 aliphatic carbocycles. The van der Waals surface area contributed by atoms with E-state index in [1.165, 1.54) is 12.1 Å². The van der Waals surface area contributed by atoms with Crippen LogP contribution in [-0.4, -0.2) is 24.1 Å². The molecule has 0 amide bonds. The molecule has 2 heterocycles. The first kappa shape index (κ1) is 17.6. The Kier molecular flexibility index (Phi) is 4.64. The number of pyridine rings is 1. The van der Waals surface area contributed by atoms with E-state index in [4.69, 9.17) is 0 Å². The Balaban J connectivity index is 1.43. The number of nitrogens with one attached hydrogen (secondary N) is 1.